The Labute approximate surface area is 124 Å². The fourth-order valence-corrected chi connectivity index (χ4v) is 4.55. The van der Waals surface area contributed by atoms with Crippen molar-refractivity contribution in [2.24, 2.45) is 5.73 Å². The molecule has 1 nitrogen and oxygen atoms in total. The van der Waals surface area contributed by atoms with Gasteiger partial charge in [-0.3, -0.25) is 0 Å². The summed E-state index contributed by atoms with van der Waals surface area (Å²) in [6, 6.07) is 13.1. The maximum Gasteiger partial charge on any atom is 0.0545 e. The van der Waals surface area contributed by atoms with Crippen LogP contribution in [0.25, 0.3) is 0 Å². The Kier molecular flexibility index (Phi) is 5.49. The highest BCUT2D eigenvalue weighted by atomic mass is 32.2. The van der Waals surface area contributed by atoms with Crippen molar-refractivity contribution in [2.45, 2.75) is 37.3 Å². The molecule has 3 heteroatoms. The Bertz CT molecular complexity index is 493. The van der Waals surface area contributed by atoms with Crippen LogP contribution < -0.4 is 5.73 Å². The number of thiophene rings is 1. The van der Waals surface area contributed by atoms with Crippen molar-refractivity contribution in [1.29, 1.82) is 0 Å². The van der Waals surface area contributed by atoms with Crippen LogP contribution in [0.5, 0.6) is 0 Å². The quantitative estimate of drug-likeness (QED) is 0.829. The Morgan fingerprint density at radius 1 is 1.21 bits per heavy atom. The lowest BCUT2D eigenvalue weighted by molar-refractivity contribution is 0.640. The van der Waals surface area contributed by atoms with E-state index in [2.05, 4.69) is 55.6 Å². The number of rotatable bonds is 6. The van der Waals surface area contributed by atoms with Crippen LogP contribution in [0, 0.1) is 6.92 Å². The summed E-state index contributed by atoms with van der Waals surface area (Å²) >= 11 is 3.78. The van der Waals surface area contributed by atoms with Crippen molar-refractivity contribution >= 4 is 23.1 Å². The van der Waals surface area contributed by atoms with E-state index in [4.69, 9.17) is 5.73 Å². The summed E-state index contributed by atoms with van der Waals surface area (Å²) in [4.78, 5) is 1.40. The van der Waals surface area contributed by atoms with E-state index in [1.807, 2.05) is 23.1 Å². The zero-order valence-electron chi connectivity index (χ0n) is 11.5. The van der Waals surface area contributed by atoms with Crippen molar-refractivity contribution in [3.8, 4) is 0 Å². The second-order valence-electron chi connectivity index (χ2n) is 4.75. The van der Waals surface area contributed by atoms with Gasteiger partial charge in [0.25, 0.3) is 0 Å². The highest BCUT2D eigenvalue weighted by Crippen LogP contribution is 2.37. The average Bonchev–Trinajstić information content (AvgIpc) is 2.94. The molecule has 0 radical (unpaired) electrons. The topological polar surface area (TPSA) is 26.0 Å². The largest absolute Gasteiger partial charge is 0.326 e. The lowest BCUT2D eigenvalue weighted by Crippen LogP contribution is -2.25. The second-order valence-corrected chi connectivity index (χ2v) is 6.85. The van der Waals surface area contributed by atoms with Gasteiger partial charge in [-0.1, -0.05) is 37.3 Å². The molecule has 0 fully saturated rings. The maximum atomic E-state index is 6.30. The molecule has 0 aliphatic carbocycles. The van der Waals surface area contributed by atoms with E-state index in [0.717, 1.165) is 12.2 Å². The molecule has 2 N–H and O–H groups in total. The van der Waals surface area contributed by atoms with Crippen molar-refractivity contribution < 1.29 is 0 Å². The van der Waals surface area contributed by atoms with Crippen LogP contribution in [-0.2, 0) is 5.75 Å². The van der Waals surface area contributed by atoms with Gasteiger partial charge in [-0.05, 0) is 35.9 Å². The molecule has 19 heavy (non-hydrogen) atoms. The van der Waals surface area contributed by atoms with Gasteiger partial charge in [0.05, 0.1) is 5.25 Å². The standard InChI is InChI=1S/C16H21NS2/c1-3-14(17)16(15-9-6-10-18-15)19-11-13-8-5-4-7-12(13)2/h4-10,14,16H,3,11,17H2,1-2H3. The number of aryl methyl sites for hydroxylation is 1. The molecule has 0 saturated heterocycles. The van der Waals surface area contributed by atoms with E-state index in [9.17, 15) is 0 Å². The van der Waals surface area contributed by atoms with Gasteiger partial charge >= 0.3 is 0 Å². The minimum atomic E-state index is 0.229. The fraction of sp³-hybridized carbons (Fsp3) is 0.375. The number of hydrogen-bond acceptors (Lipinski definition) is 3. The summed E-state index contributed by atoms with van der Waals surface area (Å²) in [5.41, 5.74) is 9.08. The van der Waals surface area contributed by atoms with Crippen molar-refractivity contribution in [3.63, 3.8) is 0 Å². The summed E-state index contributed by atoms with van der Waals surface area (Å²) in [5.74, 6) is 1.03. The minimum Gasteiger partial charge on any atom is -0.326 e. The molecule has 0 bridgehead atoms. The van der Waals surface area contributed by atoms with Gasteiger partial charge in [0.2, 0.25) is 0 Å². The fourth-order valence-electron chi connectivity index (χ4n) is 2.04. The molecule has 2 unspecified atom stereocenters. The van der Waals surface area contributed by atoms with E-state index in [1.165, 1.54) is 16.0 Å². The lowest BCUT2D eigenvalue weighted by atomic mass is 10.1. The van der Waals surface area contributed by atoms with Gasteiger partial charge in [0.15, 0.2) is 0 Å². The first-order chi connectivity index (χ1) is 9.22. The zero-order chi connectivity index (χ0) is 13.7. The van der Waals surface area contributed by atoms with E-state index >= 15 is 0 Å². The smallest absolute Gasteiger partial charge is 0.0545 e. The molecule has 2 atom stereocenters. The summed E-state index contributed by atoms with van der Waals surface area (Å²) in [6.45, 7) is 4.34. The number of hydrogen-bond donors (Lipinski definition) is 1. The van der Waals surface area contributed by atoms with E-state index in [-0.39, 0.29) is 6.04 Å². The maximum absolute atomic E-state index is 6.30. The van der Waals surface area contributed by atoms with Crippen LogP contribution in [-0.4, -0.2) is 6.04 Å². The molecule has 0 aliphatic rings. The van der Waals surface area contributed by atoms with Crippen LogP contribution in [0.15, 0.2) is 41.8 Å². The molecule has 0 saturated carbocycles. The predicted molar refractivity (Wildman–Crippen MR) is 87.8 cm³/mol. The van der Waals surface area contributed by atoms with Gasteiger partial charge in [0, 0.05) is 16.7 Å². The first kappa shape index (κ1) is 14.6. The lowest BCUT2D eigenvalue weighted by Gasteiger charge is -2.21. The van der Waals surface area contributed by atoms with Crippen LogP contribution in [0.2, 0.25) is 0 Å². The Balaban J connectivity index is 2.07. The molecule has 1 aromatic heterocycles. The van der Waals surface area contributed by atoms with Gasteiger partial charge in [0.1, 0.15) is 0 Å². The number of thioether (sulfide) groups is 1. The zero-order valence-corrected chi connectivity index (χ0v) is 13.1. The summed E-state index contributed by atoms with van der Waals surface area (Å²) in [7, 11) is 0. The van der Waals surface area contributed by atoms with Crippen LogP contribution in [0.3, 0.4) is 0 Å². The summed E-state index contributed by atoms with van der Waals surface area (Å²) < 4.78 is 0. The molecular formula is C16H21NS2. The minimum absolute atomic E-state index is 0.229. The molecular weight excluding hydrogens is 270 g/mol. The molecule has 1 heterocycles. The van der Waals surface area contributed by atoms with Crippen LogP contribution in [0.4, 0.5) is 0 Å². The molecule has 2 rings (SSSR count). The van der Waals surface area contributed by atoms with Crippen molar-refractivity contribution in [3.05, 3.63) is 57.8 Å². The molecule has 1 aromatic carbocycles. The highest BCUT2D eigenvalue weighted by molar-refractivity contribution is 7.98. The second kappa shape index (κ2) is 7.13. The highest BCUT2D eigenvalue weighted by Gasteiger charge is 2.20. The molecule has 2 aromatic rings. The van der Waals surface area contributed by atoms with Gasteiger partial charge in [-0.2, -0.15) is 0 Å². The Morgan fingerprint density at radius 3 is 2.63 bits per heavy atom. The third-order valence-corrected chi connectivity index (χ3v) is 5.91. The molecule has 0 aliphatic heterocycles. The van der Waals surface area contributed by atoms with E-state index in [1.54, 1.807) is 0 Å². The average molecular weight is 291 g/mol. The van der Waals surface area contributed by atoms with E-state index < -0.39 is 0 Å². The summed E-state index contributed by atoms with van der Waals surface area (Å²) in [5, 5.41) is 2.54. The number of nitrogens with two attached hydrogens (primary N) is 1. The predicted octanol–water partition coefficient (Wildman–Crippen LogP) is 4.77. The van der Waals surface area contributed by atoms with Crippen LogP contribution in [0.1, 0.15) is 34.6 Å². The first-order valence-corrected chi connectivity index (χ1v) is 8.60. The van der Waals surface area contributed by atoms with Crippen LogP contribution >= 0.6 is 23.1 Å². The third-order valence-electron chi connectivity index (χ3n) is 3.36. The number of benzene rings is 1. The van der Waals surface area contributed by atoms with Crippen molar-refractivity contribution in [2.75, 3.05) is 0 Å². The summed E-state index contributed by atoms with van der Waals surface area (Å²) in [6.07, 6.45) is 1.02. The van der Waals surface area contributed by atoms with Gasteiger partial charge in [-0.15, -0.1) is 23.1 Å². The first-order valence-electron chi connectivity index (χ1n) is 6.67. The van der Waals surface area contributed by atoms with Crippen molar-refractivity contribution in [1.82, 2.24) is 0 Å². The molecule has 0 spiro atoms. The Morgan fingerprint density at radius 2 is 2.00 bits per heavy atom. The van der Waals surface area contributed by atoms with E-state index in [0.29, 0.717) is 5.25 Å². The van der Waals surface area contributed by atoms with Gasteiger partial charge in [-0.25, -0.2) is 0 Å². The Hall–Kier alpha value is -0.770. The SMILES string of the molecule is CCC(N)C(SCc1ccccc1C)c1cccs1. The third kappa shape index (κ3) is 3.85. The normalized spacial score (nSPS) is 14.3. The molecule has 102 valence electrons. The monoisotopic (exact) mass is 291 g/mol. The van der Waals surface area contributed by atoms with Gasteiger partial charge < -0.3 is 5.73 Å². The molecule has 0 amide bonds.